The monoisotopic (exact) mass is 348 g/mol. The van der Waals surface area contributed by atoms with Crippen LogP contribution in [0.3, 0.4) is 0 Å². The van der Waals surface area contributed by atoms with Gasteiger partial charge in [0.1, 0.15) is 0 Å². The third-order valence-corrected chi connectivity index (χ3v) is 3.54. The highest BCUT2D eigenvalue weighted by molar-refractivity contribution is 6.05. The number of rotatable bonds is 4. The Morgan fingerprint density at radius 3 is 2.35 bits per heavy atom. The van der Waals surface area contributed by atoms with E-state index >= 15 is 0 Å². The highest BCUT2D eigenvalue weighted by atomic mass is 16.2. The molecule has 7 nitrogen and oxygen atoms in total. The smallest absolute Gasteiger partial charge is 0.264 e. The summed E-state index contributed by atoms with van der Waals surface area (Å²) >= 11 is 0. The van der Waals surface area contributed by atoms with Crippen molar-refractivity contribution < 1.29 is 9.59 Å². The van der Waals surface area contributed by atoms with Crippen LogP contribution in [0, 0.1) is 0 Å². The normalized spacial score (nSPS) is 10.2. The molecule has 2 amide bonds. The molecule has 3 N–H and O–H groups in total. The van der Waals surface area contributed by atoms with Gasteiger partial charge in [-0.3, -0.25) is 14.4 Å². The molecule has 0 atom stereocenters. The molecule has 0 saturated carbocycles. The van der Waals surface area contributed by atoms with E-state index in [2.05, 4.69) is 20.8 Å². The summed E-state index contributed by atoms with van der Waals surface area (Å²) in [6, 6.07) is 16.8. The van der Waals surface area contributed by atoms with Crippen molar-refractivity contribution in [2.24, 2.45) is 0 Å². The summed E-state index contributed by atoms with van der Waals surface area (Å²) in [6.45, 7) is 1.41. The van der Waals surface area contributed by atoms with Crippen molar-refractivity contribution in [2.45, 2.75) is 6.92 Å². The lowest BCUT2D eigenvalue weighted by atomic mass is 10.1. The van der Waals surface area contributed by atoms with Crippen LogP contribution in [0.1, 0.15) is 17.3 Å². The van der Waals surface area contributed by atoms with Crippen molar-refractivity contribution >= 4 is 23.2 Å². The van der Waals surface area contributed by atoms with Gasteiger partial charge in [0, 0.05) is 35.5 Å². The first-order chi connectivity index (χ1) is 12.5. The highest BCUT2D eigenvalue weighted by Gasteiger charge is 2.08. The fourth-order valence-electron chi connectivity index (χ4n) is 2.41. The van der Waals surface area contributed by atoms with Gasteiger partial charge in [0.05, 0.1) is 5.69 Å². The molecule has 0 unspecified atom stereocenters. The van der Waals surface area contributed by atoms with E-state index in [4.69, 9.17) is 0 Å². The molecular formula is C19H16N4O3. The fraction of sp³-hybridized carbons (Fsp3) is 0.0526. The minimum atomic E-state index is -0.302. The maximum Gasteiger partial charge on any atom is 0.264 e. The highest BCUT2D eigenvalue weighted by Crippen LogP contribution is 2.20. The largest absolute Gasteiger partial charge is 0.326 e. The van der Waals surface area contributed by atoms with E-state index < -0.39 is 0 Å². The zero-order chi connectivity index (χ0) is 18.5. The summed E-state index contributed by atoms with van der Waals surface area (Å²) < 4.78 is 0. The van der Waals surface area contributed by atoms with Crippen LogP contribution >= 0.6 is 0 Å². The number of carbonyl (C=O) groups excluding carboxylic acids is 2. The molecule has 26 heavy (non-hydrogen) atoms. The van der Waals surface area contributed by atoms with Crippen LogP contribution in [0.2, 0.25) is 0 Å². The Balaban J connectivity index is 1.79. The molecule has 0 fully saturated rings. The van der Waals surface area contributed by atoms with Crippen LogP contribution in [0.5, 0.6) is 0 Å². The molecule has 0 aliphatic carbocycles. The number of H-pyrrole nitrogens is 1. The Bertz CT molecular complexity index is 1010. The van der Waals surface area contributed by atoms with Crippen molar-refractivity contribution in [3.8, 4) is 11.3 Å². The summed E-state index contributed by atoms with van der Waals surface area (Å²) in [4.78, 5) is 34.7. The lowest BCUT2D eigenvalue weighted by molar-refractivity contribution is -0.114. The van der Waals surface area contributed by atoms with Gasteiger partial charge in [-0.1, -0.05) is 18.2 Å². The lowest BCUT2D eigenvalue weighted by Crippen LogP contribution is -2.13. The van der Waals surface area contributed by atoms with Crippen molar-refractivity contribution in [1.29, 1.82) is 0 Å². The Morgan fingerprint density at radius 2 is 1.65 bits per heavy atom. The molecular weight excluding hydrogens is 332 g/mol. The third kappa shape index (κ3) is 4.21. The maximum absolute atomic E-state index is 12.5. The molecule has 0 saturated heterocycles. The quantitative estimate of drug-likeness (QED) is 0.674. The number of benzene rings is 2. The number of aromatic amines is 1. The second-order valence-electron chi connectivity index (χ2n) is 5.60. The second kappa shape index (κ2) is 7.43. The van der Waals surface area contributed by atoms with E-state index in [0.29, 0.717) is 22.6 Å². The van der Waals surface area contributed by atoms with Gasteiger partial charge in [-0.15, -0.1) is 0 Å². The first kappa shape index (κ1) is 17.1. The topological polar surface area (TPSA) is 104 Å². The van der Waals surface area contributed by atoms with E-state index in [1.807, 2.05) is 6.07 Å². The molecule has 0 aliphatic rings. The Morgan fingerprint density at radius 1 is 0.923 bits per heavy atom. The number of carbonyl (C=O) groups is 2. The Labute approximate surface area is 149 Å². The first-order valence-corrected chi connectivity index (χ1v) is 7.86. The van der Waals surface area contributed by atoms with Gasteiger partial charge in [-0.2, -0.15) is 5.10 Å². The van der Waals surface area contributed by atoms with Crippen molar-refractivity contribution in [2.75, 3.05) is 10.6 Å². The summed E-state index contributed by atoms with van der Waals surface area (Å²) in [5, 5.41) is 11.8. The fourth-order valence-corrected chi connectivity index (χ4v) is 2.41. The van der Waals surface area contributed by atoms with Gasteiger partial charge < -0.3 is 10.6 Å². The van der Waals surface area contributed by atoms with E-state index in [0.717, 1.165) is 5.56 Å². The van der Waals surface area contributed by atoms with Crippen LogP contribution in [-0.4, -0.2) is 22.0 Å². The molecule has 3 aromatic rings. The lowest BCUT2D eigenvalue weighted by Gasteiger charge is -2.09. The third-order valence-electron chi connectivity index (χ3n) is 3.54. The number of nitrogens with one attached hydrogen (secondary N) is 3. The van der Waals surface area contributed by atoms with Crippen LogP contribution < -0.4 is 16.2 Å². The van der Waals surface area contributed by atoms with Crippen LogP contribution in [0.25, 0.3) is 11.3 Å². The molecule has 3 rings (SSSR count). The SMILES string of the molecule is CC(=O)Nc1cccc(C(=O)Nc2cccc(-c3ccc(=O)[nH]n3)c2)c1. The number of aromatic nitrogens is 2. The number of hydrogen-bond acceptors (Lipinski definition) is 4. The van der Waals surface area contributed by atoms with E-state index in [1.165, 1.54) is 13.0 Å². The zero-order valence-corrected chi connectivity index (χ0v) is 13.9. The molecule has 7 heteroatoms. The Hall–Kier alpha value is -3.74. The number of amides is 2. The molecule has 0 aliphatic heterocycles. The summed E-state index contributed by atoms with van der Waals surface area (Å²) in [6.07, 6.45) is 0. The minimum absolute atomic E-state index is 0.205. The minimum Gasteiger partial charge on any atom is -0.326 e. The number of anilines is 2. The van der Waals surface area contributed by atoms with Gasteiger partial charge in [0.15, 0.2) is 0 Å². The van der Waals surface area contributed by atoms with E-state index in [-0.39, 0.29) is 17.4 Å². The summed E-state index contributed by atoms with van der Waals surface area (Å²) in [7, 11) is 0. The zero-order valence-electron chi connectivity index (χ0n) is 13.9. The van der Waals surface area contributed by atoms with Gasteiger partial charge in [-0.25, -0.2) is 5.10 Å². The molecule has 130 valence electrons. The van der Waals surface area contributed by atoms with Crippen LogP contribution in [0.4, 0.5) is 11.4 Å². The van der Waals surface area contributed by atoms with E-state index in [1.54, 1.807) is 48.5 Å². The molecule has 0 spiro atoms. The van der Waals surface area contributed by atoms with Gasteiger partial charge in [-0.05, 0) is 36.4 Å². The number of nitrogens with zero attached hydrogens (tertiary/aromatic N) is 1. The van der Waals surface area contributed by atoms with Crippen molar-refractivity contribution in [3.63, 3.8) is 0 Å². The number of hydrogen-bond donors (Lipinski definition) is 3. The molecule has 0 bridgehead atoms. The summed E-state index contributed by atoms with van der Waals surface area (Å²) in [5.41, 5.74) is 2.63. The molecule has 2 aromatic carbocycles. The molecule has 1 aromatic heterocycles. The van der Waals surface area contributed by atoms with E-state index in [9.17, 15) is 14.4 Å². The van der Waals surface area contributed by atoms with Crippen molar-refractivity contribution in [1.82, 2.24) is 10.2 Å². The van der Waals surface area contributed by atoms with Crippen molar-refractivity contribution in [3.05, 3.63) is 76.6 Å². The molecule has 0 radical (unpaired) electrons. The van der Waals surface area contributed by atoms with Gasteiger partial charge in [0.25, 0.3) is 11.5 Å². The van der Waals surface area contributed by atoms with Gasteiger partial charge >= 0.3 is 0 Å². The van der Waals surface area contributed by atoms with Crippen LogP contribution in [0.15, 0.2) is 65.5 Å². The van der Waals surface area contributed by atoms with Gasteiger partial charge in [0.2, 0.25) is 5.91 Å². The Kier molecular flexibility index (Phi) is 4.89. The standard InChI is InChI=1S/C19H16N4O3/c1-12(24)20-15-6-3-5-14(11-15)19(26)21-16-7-2-4-13(10-16)17-8-9-18(25)23-22-17/h2-11H,1H3,(H,20,24)(H,21,26)(H,23,25). The first-order valence-electron chi connectivity index (χ1n) is 7.86. The average molecular weight is 348 g/mol. The molecule has 1 heterocycles. The predicted octanol–water partition coefficient (Wildman–Crippen LogP) is 2.65. The van der Waals surface area contributed by atoms with Crippen LogP contribution in [-0.2, 0) is 4.79 Å². The second-order valence-corrected chi connectivity index (χ2v) is 5.60. The summed E-state index contributed by atoms with van der Waals surface area (Å²) in [5.74, 6) is -0.507. The maximum atomic E-state index is 12.5. The average Bonchev–Trinajstić information content (AvgIpc) is 2.62. The predicted molar refractivity (Wildman–Crippen MR) is 99.0 cm³/mol.